The summed E-state index contributed by atoms with van der Waals surface area (Å²) in [5, 5.41) is 2.55. The van der Waals surface area contributed by atoms with E-state index in [1.165, 1.54) is 18.2 Å². The lowest BCUT2D eigenvalue weighted by molar-refractivity contribution is -0.116. The normalized spacial score (nSPS) is 10.7. The highest BCUT2D eigenvalue weighted by Crippen LogP contribution is 2.07. The van der Waals surface area contributed by atoms with Crippen molar-refractivity contribution in [3.8, 4) is 0 Å². The van der Waals surface area contributed by atoms with Crippen molar-refractivity contribution >= 4 is 12.0 Å². The standard InChI is InChI=1S/C15H12F2N2O/c16-13-7-12(8-14(17)9-13)10-19-15(20)2-1-11-3-5-18-6-4-11/h1-9H,10H2,(H,19,20). The number of nitrogens with one attached hydrogen (secondary N) is 1. The predicted molar refractivity (Wildman–Crippen MR) is 71.5 cm³/mol. The van der Waals surface area contributed by atoms with E-state index >= 15 is 0 Å². The monoisotopic (exact) mass is 274 g/mol. The Morgan fingerprint density at radius 2 is 1.80 bits per heavy atom. The van der Waals surface area contributed by atoms with E-state index in [1.54, 1.807) is 30.6 Å². The van der Waals surface area contributed by atoms with E-state index in [4.69, 9.17) is 0 Å². The van der Waals surface area contributed by atoms with E-state index in [1.807, 2.05) is 0 Å². The molecule has 0 saturated heterocycles. The molecule has 0 aliphatic rings. The van der Waals surface area contributed by atoms with Crippen LogP contribution < -0.4 is 5.32 Å². The van der Waals surface area contributed by atoms with Crippen molar-refractivity contribution in [2.75, 3.05) is 0 Å². The Bertz CT molecular complexity index is 607. The molecule has 1 amide bonds. The highest BCUT2D eigenvalue weighted by atomic mass is 19.1. The summed E-state index contributed by atoms with van der Waals surface area (Å²) in [6.07, 6.45) is 6.22. The second-order valence-electron chi connectivity index (χ2n) is 4.11. The van der Waals surface area contributed by atoms with Crippen molar-refractivity contribution in [2.45, 2.75) is 6.54 Å². The van der Waals surface area contributed by atoms with Crippen LogP contribution in [-0.4, -0.2) is 10.9 Å². The van der Waals surface area contributed by atoms with E-state index in [0.29, 0.717) is 5.56 Å². The Morgan fingerprint density at radius 1 is 1.15 bits per heavy atom. The van der Waals surface area contributed by atoms with E-state index in [9.17, 15) is 13.6 Å². The SMILES string of the molecule is O=C(C=Cc1ccncc1)NCc1cc(F)cc(F)c1. The molecule has 3 nitrogen and oxygen atoms in total. The van der Waals surface area contributed by atoms with Crippen LogP contribution in [-0.2, 0) is 11.3 Å². The van der Waals surface area contributed by atoms with Gasteiger partial charge in [0, 0.05) is 31.1 Å². The van der Waals surface area contributed by atoms with Crippen molar-refractivity contribution in [1.82, 2.24) is 10.3 Å². The molecule has 102 valence electrons. The summed E-state index contributed by atoms with van der Waals surface area (Å²) >= 11 is 0. The number of rotatable bonds is 4. The van der Waals surface area contributed by atoms with Gasteiger partial charge in [-0.25, -0.2) is 8.78 Å². The van der Waals surface area contributed by atoms with Gasteiger partial charge in [-0.15, -0.1) is 0 Å². The minimum Gasteiger partial charge on any atom is -0.348 e. The molecule has 0 fully saturated rings. The molecular formula is C15H12F2N2O. The Hall–Kier alpha value is -2.56. The fourth-order valence-electron chi connectivity index (χ4n) is 1.61. The summed E-state index contributed by atoms with van der Waals surface area (Å²) in [6, 6.07) is 6.65. The lowest BCUT2D eigenvalue weighted by Crippen LogP contribution is -2.20. The van der Waals surface area contributed by atoms with Gasteiger partial charge >= 0.3 is 0 Å². The number of hydrogen-bond acceptors (Lipinski definition) is 2. The Balaban J connectivity index is 1.91. The zero-order chi connectivity index (χ0) is 14.4. The Labute approximate surface area is 115 Å². The van der Waals surface area contributed by atoms with Crippen LogP contribution in [0.2, 0.25) is 0 Å². The summed E-state index contributed by atoms with van der Waals surface area (Å²) in [6.45, 7) is 0.0637. The smallest absolute Gasteiger partial charge is 0.244 e. The first-order valence-electron chi connectivity index (χ1n) is 5.94. The highest BCUT2D eigenvalue weighted by Gasteiger charge is 2.01. The van der Waals surface area contributed by atoms with E-state index in [-0.39, 0.29) is 12.5 Å². The average molecular weight is 274 g/mol. The fraction of sp³-hybridized carbons (Fsp3) is 0.0667. The Morgan fingerprint density at radius 3 is 2.45 bits per heavy atom. The molecule has 1 aromatic heterocycles. The molecule has 0 spiro atoms. The first kappa shape index (κ1) is 13.9. The number of aromatic nitrogens is 1. The summed E-state index contributed by atoms with van der Waals surface area (Å²) in [4.78, 5) is 15.4. The van der Waals surface area contributed by atoms with Gasteiger partial charge in [0.15, 0.2) is 0 Å². The van der Waals surface area contributed by atoms with Crippen LogP contribution in [0.5, 0.6) is 0 Å². The molecule has 0 bridgehead atoms. The van der Waals surface area contributed by atoms with Crippen LogP contribution >= 0.6 is 0 Å². The number of benzene rings is 1. The summed E-state index contributed by atoms with van der Waals surface area (Å²) < 4.78 is 25.9. The molecule has 1 heterocycles. The van der Waals surface area contributed by atoms with Crippen LogP contribution in [0, 0.1) is 11.6 Å². The molecular weight excluding hydrogens is 262 g/mol. The number of hydrogen-bond donors (Lipinski definition) is 1. The molecule has 0 unspecified atom stereocenters. The molecule has 5 heteroatoms. The lowest BCUT2D eigenvalue weighted by Gasteiger charge is -2.03. The van der Waals surface area contributed by atoms with Gasteiger partial charge in [0.2, 0.25) is 5.91 Å². The van der Waals surface area contributed by atoms with Crippen molar-refractivity contribution in [2.24, 2.45) is 0 Å². The third-order valence-electron chi connectivity index (χ3n) is 2.52. The zero-order valence-electron chi connectivity index (χ0n) is 10.5. The first-order chi connectivity index (χ1) is 9.63. The molecule has 1 aromatic carbocycles. The molecule has 0 aliphatic carbocycles. The average Bonchev–Trinajstić information content (AvgIpc) is 2.43. The minimum absolute atomic E-state index is 0.0637. The number of amides is 1. The number of carbonyl (C=O) groups excluding carboxylic acids is 1. The van der Waals surface area contributed by atoms with Gasteiger partial charge < -0.3 is 5.32 Å². The van der Waals surface area contributed by atoms with Crippen LogP contribution in [0.25, 0.3) is 6.08 Å². The summed E-state index contributed by atoms with van der Waals surface area (Å²) in [5.41, 5.74) is 1.21. The van der Waals surface area contributed by atoms with Crippen molar-refractivity contribution in [1.29, 1.82) is 0 Å². The number of halogens is 2. The molecule has 1 N–H and O–H groups in total. The maximum atomic E-state index is 12.9. The predicted octanol–water partition coefficient (Wildman–Crippen LogP) is 2.69. The van der Waals surface area contributed by atoms with Crippen molar-refractivity contribution < 1.29 is 13.6 Å². The topological polar surface area (TPSA) is 42.0 Å². The van der Waals surface area contributed by atoms with Gasteiger partial charge in [-0.05, 0) is 41.5 Å². The lowest BCUT2D eigenvalue weighted by atomic mass is 10.2. The number of carbonyl (C=O) groups is 1. The maximum Gasteiger partial charge on any atom is 0.244 e. The largest absolute Gasteiger partial charge is 0.348 e. The molecule has 2 rings (SSSR count). The number of nitrogens with zero attached hydrogens (tertiary/aromatic N) is 1. The van der Waals surface area contributed by atoms with Crippen LogP contribution in [0.15, 0.2) is 48.8 Å². The zero-order valence-corrected chi connectivity index (χ0v) is 10.5. The molecule has 0 saturated carbocycles. The highest BCUT2D eigenvalue weighted by molar-refractivity contribution is 5.91. The van der Waals surface area contributed by atoms with Crippen molar-refractivity contribution in [3.05, 3.63) is 71.6 Å². The Kier molecular flexibility index (Phi) is 4.55. The molecule has 0 atom stereocenters. The first-order valence-corrected chi connectivity index (χ1v) is 5.94. The fourth-order valence-corrected chi connectivity index (χ4v) is 1.61. The quantitative estimate of drug-likeness (QED) is 0.871. The summed E-state index contributed by atoms with van der Waals surface area (Å²) in [7, 11) is 0. The maximum absolute atomic E-state index is 12.9. The van der Waals surface area contributed by atoms with Crippen LogP contribution in [0.4, 0.5) is 8.78 Å². The van der Waals surface area contributed by atoms with Crippen molar-refractivity contribution in [3.63, 3.8) is 0 Å². The number of pyridine rings is 1. The summed E-state index contributed by atoms with van der Waals surface area (Å²) in [5.74, 6) is -1.67. The molecule has 0 aliphatic heterocycles. The molecule has 0 radical (unpaired) electrons. The third kappa shape index (κ3) is 4.28. The van der Waals surface area contributed by atoms with Gasteiger partial charge in [0.05, 0.1) is 0 Å². The van der Waals surface area contributed by atoms with E-state index in [0.717, 1.165) is 11.6 Å². The minimum atomic E-state index is -0.665. The van der Waals surface area contributed by atoms with Gasteiger partial charge in [0.25, 0.3) is 0 Å². The van der Waals surface area contributed by atoms with Crippen LogP contribution in [0.3, 0.4) is 0 Å². The van der Waals surface area contributed by atoms with Crippen LogP contribution in [0.1, 0.15) is 11.1 Å². The third-order valence-corrected chi connectivity index (χ3v) is 2.52. The second-order valence-corrected chi connectivity index (χ2v) is 4.11. The molecule has 2 aromatic rings. The van der Waals surface area contributed by atoms with Gasteiger partial charge in [-0.1, -0.05) is 0 Å². The van der Waals surface area contributed by atoms with E-state index < -0.39 is 11.6 Å². The van der Waals surface area contributed by atoms with Gasteiger partial charge in [-0.3, -0.25) is 9.78 Å². The van der Waals surface area contributed by atoms with Gasteiger partial charge in [0.1, 0.15) is 11.6 Å². The van der Waals surface area contributed by atoms with E-state index in [2.05, 4.69) is 10.3 Å². The molecule has 20 heavy (non-hydrogen) atoms. The van der Waals surface area contributed by atoms with Gasteiger partial charge in [-0.2, -0.15) is 0 Å². The second kappa shape index (κ2) is 6.56.